The van der Waals surface area contributed by atoms with Gasteiger partial charge in [-0.3, -0.25) is 9.13 Å². The number of fused-ring (bicyclic) bond motifs is 1. The van der Waals surface area contributed by atoms with Crippen LogP contribution in [0.25, 0.3) is 11.2 Å². The molecule has 0 amide bonds. The minimum atomic E-state index is -1.24. The molecule has 2 aromatic heterocycles. The lowest BCUT2D eigenvalue weighted by Crippen LogP contribution is -2.31. The predicted molar refractivity (Wildman–Crippen MR) is 117 cm³/mol. The quantitative estimate of drug-likeness (QED) is 0.441. The van der Waals surface area contributed by atoms with Crippen molar-refractivity contribution < 1.29 is 18.9 Å². The molecular weight excluding hydrogens is 406 g/mol. The average Bonchev–Trinajstić information content (AvgIpc) is 2.96. The van der Waals surface area contributed by atoms with Crippen molar-refractivity contribution in [3.05, 3.63) is 10.5 Å². The van der Waals surface area contributed by atoms with Crippen LogP contribution in [0.15, 0.2) is 4.79 Å². The predicted octanol–water partition coefficient (Wildman–Crippen LogP) is 1.86. The summed E-state index contributed by atoms with van der Waals surface area (Å²) in [5, 5.41) is 0. The van der Waals surface area contributed by atoms with Gasteiger partial charge in [0.2, 0.25) is 11.8 Å². The van der Waals surface area contributed by atoms with Crippen LogP contribution in [0.1, 0.15) is 18.9 Å². The summed E-state index contributed by atoms with van der Waals surface area (Å²) in [5.74, 6) is 0.332. The molecule has 0 radical (unpaired) electrons. The summed E-state index contributed by atoms with van der Waals surface area (Å²) in [6, 6.07) is 0.999. The summed E-state index contributed by atoms with van der Waals surface area (Å²) < 4.78 is 25.5. The van der Waals surface area contributed by atoms with Crippen LogP contribution >= 0.6 is 0 Å². The van der Waals surface area contributed by atoms with Gasteiger partial charge in [-0.15, -0.1) is 0 Å². The number of nitrogens with two attached hydrogens (primary N) is 1. The van der Waals surface area contributed by atoms with Gasteiger partial charge in [0, 0.05) is 41.0 Å². The van der Waals surface area contributed by atoms with Crippen molar-refractivity contribution in [2.75, 3.05) is 45.9 Å². The fourth-order valence-corrected chi connectivity index (χ4v) is 4.16. The lowest BCUT2D eigenvalue weighted by Gasteiger charge is -2.22. The normalized spacial score (nSPS) is 15.7. The molecule has 3 heterocycles. The van der Waals surface area contributed by atoms with Gasteiger partial charge in [0.1, 0.15) is 13.3 Å². The highest BCUT2D eigenvalue weighted by Gasteiger charge is 2.27. The van der Waals surface area contributed by atoms with Gasteiger partial charge in [-0.05, 0) is 18.9 Å². The zero-order valence-corrected chi connectivity index (χ0v) is 19.3. The number of methoxy groups -OCH3 is 1. The van der Waals surface area contributed by atoms with E-state index < -0.39 is 8.07 Å². The number of hydrogen-bond acceptors (Lipinski definition) is 8. The monoisotopic (exact) mass is 439 g/mol. The Morgan fingerprint density at radius 1 is 1.17 bits per heavy atom. The molecule has 168 valence electrons. The molecule has 0 unspecified atom stereocenters. The van der Waals surface area contributed by atoms with Crippen molar-refractivity contribution in [3.63, 3.8) is 0 Å². The molecular formula is C19H33N5O5Si. The Morgan fingerprint density at radius 3 is 2.57 bits per heavy atom. The van der Waals surface area contributed by atoms with E-state index in [2.05, 4.69) is 29.6 Å². The molecule has 1 fully saturated rings. The van der Waals surface area contributed by atoms with E-state index in [0.717, 1.165) is 18.9 Å². The Hall–Kier alpha value is -1.95. The third-order valence-corrected chi connectivity index (χ3v) is 6.79. The van der Waals surface area contributed by atoms with Crippen molar-refractivity contribution in [2.45, 2.75) is 51.3 Å². The van der Waals surface area contributed by atoms with Crippen LogP contribution < -0.4 is 16.2 Å². The van der Waals surface area contributed by atoms with Crippen LogP contribution in [0.3, 0.4) is 0 Å². The number of rotatable bonds is 10. The van der Waals surface area contributed by atoms with E-state index in [4.69, 9.17) is 24.7 Å². The lowest BCUT2D eigenvalue weighted by molar-refractivity contribution is 0.0669. The highest BCUT2D eigenvalue weighted by atomic mass is 28.3. The summed E-state index contributed by atoms with van der Waals surface area (Å²) >= 11 is 0. The molecule has 1 aliphatic rings. The first kappa shape index (κ1) is 22.7. The largest absolute Gasteiger partial charge is 0.474 e. The van der Waals surface area contributed by atoms with E-state index in [-0.39, 0.29) is 36.9 Å². The SMILES string of the molecule is COCCOc1nc(N)nc2c1n(COCC[Si](C)(C)C)c(=O)n2C1CCOCC1. The molecule has 10 nitrogen and oxygen atoms in total. The first-order chi connectivity index (χ1) is 14.3. The molecule has 0 aromatic carbocycles. The smallest absolute Gasteiger partial charge is 0.332 e. The number of nitrogen functional groups attached to an aromatic ring is 1. The van der Waals surface area contributed by atoms with Crippen molar-refractivity contribution in [1.82, 2.24) is 19.1 Å². The van der Waals surface area contributed by atoms with E-state index in [1.54, 1.807) is 16.2 Å². The van der Waals surface area contributed by atoms with E-state index in [1.165, 1.54) is 0 Å². The number of imidazole rings is 1. The summed E-state index contributed by atoms with van der Waals surface area (Å²) in [6.07, 6.45) is 1.47. The third kappa shape index (κ3) is 5.39. The minimum Gasteiger partial charge on any atom is -0.474 e. The molecule has 2 aromatic rings. The standard InChI is InChI=1S/C19H33N5O5Si/c1-26-9-10-29-17-15-16(21-18(20)22-17)24(14-5-7-27-8-6-14)19(25)23(15)13-28-11-12-30(2,3)4/h14H,5-13H2,1-4H3,(H2,20,21,22). The van der Waals surface area contributed by atoms with Crippen LogP contribution in [0.2, 0.25) is 25.7 Å². The second-order valence-electron chi connectivity index (χ2n) is 8.67. The number of nitrogens with zero attached hydrogens (tertiary/aromatic N) is 4. The second-order valence-corrected chi connectivity index (χ2v) is 14.3. The summed E-state index contributed by atoms with van der Waals surface area (Å²) in [7, 11) is 0.359. The lowest BCUT2D eigenvalue weighted by atomic mass is 10.1. The molecule has 0 saturated carbocycles. The zero-order valence-electron chi connectivity index (χ0n) is 18.3. The number of aromatic nitrogens is 4. The maximum absolute atomic E-state index is 13.4. The van der Waals surface area contributed by atoms with Gasteiger partial charge in [0.05, 0.1) is 6.61 Å². The van der Waals surface area contributed by atoms with E-state index in [0.29, 0.717) is 37.6 Å². The van der Waals surface area contributed by atoms with E-state index >= 15 is 0 Å². The maximum atomic E-state index is 13.4. The van der Waals surface area contributed by atoms with Crippen LogP contribution in [0.4, 0.5) is 5.95 Å². The Labute approximate surface area is 177 Å². The molecule has 0 atom stereocenters. The first-order valence-electron chi connectivity index (χ1n) is 10.4. The van der Waals surface area contributed by atoms with E-state index in [9.17, 15) is 4.79 Å². The highest BCUT2D eigenvalue weighted by molar-refractivity contribution is 6.76. The second kappa shape index (κ2) is 9.90. The van der Waals surface area contributed by atoms with Crippen LogP contribution in [-0.4, -0.2) is 67.3 Å². The Bertz CT molecular complexity index is 901. The minimum absolute atomic E-state index is 0.0156. The third-order valence-electron chi connectivity index (χ3n) is 5.09. The Balaban J connectivity index is 2.00. The van der Waals surface area contributed by atoms with Gasteiger partial charge >= 0.3 is 5.69 Å². The number of anilines is 1. The van der Waals surface area contributed by atoms with Gasteiger partial charge in [-0.2, -0.15) is 9.97 Å². The Kier molecular flexibility index (Phi) is 7.50. The van der Waals surface area contributed by atoms with Crippen LogP contribution in [-0.2, 0) is 20.9 Å². The van der Waals surface area contributed by atoms with Gasteiger partial charge < -0.3 is 24.7 Å². The van der Waals surface area contributed by atoms with Gasteiger partial charge in [0.25, 0.3) is 0 Å². The molecule has 3 rings (SSSR count). The molecule has 1 saturated heterocycles. The summed E-state index contributed by atoms with van der Waals surface area (Å²) in [6.45, 7) is 9.47. The van der Waals surface area contributed by atoms with Gasteiger partial charge in [-0.1, -0.05) is 19.6 Å². The molecule has 1 aliphatic heterocycles. The summed E-state index contributed by atoms with van der Waals surface area (Å²) in [5.41, 5.74) is 6.73. The van der Waals surface area contributed by atoms with Gasteiger partial charge in [0.15, 0.2) is 11.2 Å². The van der Waals surface area contributed by atoms with Crippen molar-refractivity contribution >= 4 is 25.2 Å². The molecule has 0 spiro atoms. The van der Waals surface area contributed by atoms with Crippen molar-refractivity contribution in [1.29, 1.82) is 0 Å². The van der Waals surface area contributed by atoms with Crippen molar-refractivity contribution in [2.24, 2.45) is 0 Å². The Morgan fingerprint density at radius 2 is 1.90 bits per heavy atom. The summed E-state index contributed by atoms with van der Waals surface area (Å²) in [4.78, 5) is 22.0. The highest BCUT2D eigenvalue weighted by Crippen LogP contribution is 2.28. The fraction of sp³-hybridized carbons (Fsp3) is 0.737. The zero-order chi connectivity index (χ0) is 21.7. The van der Waals surface area contributed by atoms with Gasteiger partial charge in [-0.25, -0.2) is 4.79 Å². The fourth-order valence-electron chi connectivity index (χ4n) is 3.41. The molecule has 2 N–H and O–H groups in total. The average molecular weight is 440 g/mol. The molecule has 11 heteroatoms. The van der Waals surface area contributed by atoms with Crippen molar-refractivity contribution in [3.8, 4) is 5.88 Å². The number of ether oxygens (including phenoxy) is 4. The maximum Gasteiger partial charge on any atom is 0.332 e. The van der Waals surface area contributed by atoms with Crippen LogP contribution in [0.5, 0.6) is 5.88 Å². The molecule has 30 heavy (non-hydrogen) atoms. The first-order valence-corrected chi connectivity index (χ1v) is 14.1. The molecule has 0 aliphatic carbocycles. The molecule has 0 bridgehead atoms. The topological polar surface area (TPSA) is 116 Å². The number of hydrogen-bond donors (Lipinski definition) is 1. The van der Waals surface area contributed by atoms with E-state index in [1.807, 2.05) is 0 Å². The van der Waals surface area contributed by atoms with Crippen LogP contribution in [0, 0.1) is 0 Å².